The van der Waals surface area contributed by atoms with Gasteiger partial charge in [-0.3, -0.25) is 0 Å². The molecular weight excluding hydrogens is 369 g/mol. The molecule has 0 bridgehead atoms. The van der Waals surface area contributed by atoms with Crippen LogP contribution in [0.25, 0.3) is 0 Å². The van der Waals surface area contributed by atoms with Gasteiger partial charge in [0.15, 0.2) is 0 Å². The largest absolute Gasteiger partial charge is 0.416 e. The first kappa shape index (κ1) is 18.9. The van der Waals surface area contributed by atoms with Crippen molar-refractivity contribution in [2.45, 2.75) is 48.0 Å². The molecule has 2 aliphatic heterocycles. The summed E-state index contributed by atoms with van der Waals surface area (Å²) in [6.45, 7) is 5.01. The van der Waals surface area contributed by atoms with E-state index in [0.29, 0.717) is 5.92 Å². The number of hydrogen-bond donors (Lipinski definition) is 1. The highest BCUT2D eigenvalue weighted by Crippen LogP contribution is 2.50. The predicted molar refractivity (Wildman–Crippen MR) is 105 cm³/mol. The van der Waals surface area contributed by atoms with E-state index in [0.717, 1.165) is 49.5 Å². The molecule has 0 spiro atoms. The number of anilines is 1. The molecule has 1 fully saturated rings. The molecule has 1 N–H and O–H groups in total. The van der Waals surface area contributed by atoms with Gasteiger partial charge in [0.05, 0.1) is 22.0 Å². The monoisotopic (exact) mass is 394 g/mol. The number of benzene rings is 1. The molecule has 27 heavy (non-hydrogen) atoms. The van der Waals surface area contributed by atoms with Crippen LogP contribution in [0, 0.1) is 5.92 Å². The quantitative estimate of drug-likeness (QED) is 0.753. The summed E-state index contributed by atoms with van der Waals surface area (Å²) in [6.07, 6.45) is 7.37. The summed E-state index contributed by atoms with van der Waals surface area (Å²) in [5.41, 5.74) is -0.141. The van der Waals surface area contributed by atoms with Gasteiger partial charge >= 0.3 is 6.18 Å². The predicted octanol–water partition coefficient (Wildman–Crippen LogP) is 5.26. The van der Waals surface area contributed by atoms with Gasteiger partial charge in [-0.2, -0.15) is 13.2 Å². The zero-order valence-electron chi connectivity index (χ0n) is 15.4. The molecule has 2 nitrogen and oxygen atoms in total. The number of rotatable bonds is 3. The molecule has 4 rings (SSSR count). The second kappa shape index (κ2) is 7.21. The van der Waals surface area contributed by atoms with E-state index in [9.17, 15) is 13.2 Å². The van der Waals surface area contributed by atoms with Crippen LogP contribution < -0.4 is 10.2 Å². The Labute approximate surface area is 162 Å². The van der Waals surface area contributed by atoms with Gasteiger partial charge in [0.25, 0.3) is 0 Å². The zero-order chi connectivity index (χ0) is 19.1. The molecule has 0 saturated carbocycles. The van der Waals surface area contributed by atoms with E-state index in [2.05, 4.69) is 29.3 Å². The van der Waals surface area contributed by atoms with Crippen molar-refractivity contribution in [1.82, 2.24) is 5.32 Å². The van der Waals surface area contributed by atoms with Gasteiger partial charge in [0, 0.05) is 11.4 Å². The molecule has 1 saturated heterocycles. The molecule has 2 heterocycles. The van der Waals surface area contributed by atoms with Crippen LogP contribution in [0.3, 0.4) is 0 Å². The summed E-state index contributed by atoms with van der Waals surface area (Å²) >= 11 is 1.67. The Bertz CT molecular complexity index is 752. The molecule has 2 atom stereocenters. The molecule has 0 aromatic heterocycles. The summed E-state index contributed by atoms with van der Waals surface area (Å²) in [4.78, 5) is 3.16. The van der Waals surface area contributed by atoms with E-state index in [1.807, 2.05) is 12.2 Å². The van der Waals surface area contributed by atoms with Gasteiger partial charge in [-0.25, -0.2) is 0 Å². The summed E-state index contributed by atoms with van der Waals surface area (Å²) in [5.74, 6) is 0.639. The minimum atomic E-state index is -4.32. The Hall–Kier alpha value is -1.40. The van der Waals surface area contributed by atoms with Crippen LogP contribution >= 0.6 is 11.8 Å². The number of fused-ring (bicyclic) bond motifs is 2. The Morgan fingerprint density at radius 1 is 1.22 bits per heavy atom. The number of halogens is 3. The Balaban J connectivity index is 1.68. The third kappa shape index (κ3) is 3.66. The van der Waals surface area contributed by atoms with Crippen LogP contribution in [-0.4, -0.2) is 30.4 Å². The molecule has 6 heteroatoms. The summed E-state index contributed by atoms with van der Waals surface area (Å²) in [7, 11) is 0. The molecule has 146 valence electrons. The van der Waals surface area contributed by atoms with Gasteiger partial charge < -0.3 is 10.2 Å². The number of hydrogen-bond acceptors (Lipinski definition) is 3. The normalized spacial score (nSPS) is 28.1. The minimum Gasteiger partial charge on any atom is -0.360 e. The molecule has 1 aliphatic carbocycles. The third-order valence-electron chi connectivity index (χ3n) is 6.04. The van der Waals surface area contributed by atoms with E-state index in [1.54, 1.807) is 17.8 Å². The van der Waals surface area contributed by atoms with Gasteiger partial charge in [-0.05, 0) is 63.4 Å². The van der Waals surface area contributed by atoms with Crippen molar-refractivity contribution in [2.24, 2.45) is 5.92 Å². The minimum absolute atomic E-state index is 0.208. The first-order valence-electron chi connectivity index (χ1n) is 9.60. The van der Waals surface area contributed by atoms with Crippen LogP contribution in [0.1, 0.15) is 31.7 Å². The van der Waals surface area contributed by atoms with Crippen molar-refractivity contribution in [3.8, 4) is 0 Å². The number of piperidine rings is 1. The molecule has 1 aromatic carbocycles. The summed E-state index contributed by atoms with van der Waals surface area (Å²) < 4.78 is 40.0. The zero-order valence-corrected chi connectivity index (χ0v) is 16.2. The van der Waals surface area contributed by atoms with E-state index in [-0.39, 0.29) is 10.8 Å². The maximum absolute atomic E-state index is 13.3. The standard InChI is InChI=1S/C21H25F3N2S/c1-20-10-3-2-4-19(20)27-18-6-5-16(21(22,23)24)14-17(18)26(20)13-9-15-7-11-25-12-8-15/h2-6,10,14-15,19,25H,7-9,11-13H2,1H3. The van der Waals surface area contributed by atoms with E-state index in [1.165, 1.54) is 12.1 Å². The number of nitrogens with one attached hydrogen (secondary N) is 1. The molecular formula is C21H25F3N2S. The van der Waals surface area contributed by atoms with Crippen molar-refractivity contribution in [2.75, 3.05) is 24.5 Å². The number of allylic oxidation sites excluding steroid dienone is 2. The highest BCUT2D eigenvalue weighted by molar-refractivity contribution is 8.00. The topological polar surface area (TPSA) is 15.3 Å². The SMILES string of the molecule is CC12C=CC=CC1Sc1ccc(C(F)(F)F)cc1N2CCC1CCNCC1. The van der Waals surface area contributed by atoms with Crippen molar-refractivity contribution < 1.29 is 13.2 Å². The van der Waals surface area contributed by atoms with Crippen molar-refractivity contribution in [3.05, 3.63) is 48.1 Å². The fourth-order valence-corrected chi connectivity index (χ4v) is 5.68. The maximum Gasteiger partial charge on any atom is 0.416 e. The van der Waals surface area contributed by atoms with Crippen LogP contribution in [0.5, 0.6) is 0 Å². The number of nitrogens with zero attached hydrogens (tertiary/aromatic N) is 1. The van der Waals surface area contributed by atoms with Crippen molar-refractivity contribution in [1.29, 1.82) is 0 Å². The first-order chi connectivity index (χ1) is 12.9. The average molecular weight is 395 g/mol. The highest BCUT2D eigenvalue weighted by atomic mass is 32.2. The fraction of sp³-hybridized carbons (Fsp3) is 0.524. The van der Waals surface area contributed by atoms with Crippen LogP contribution in [0.2, 0.25) is 0 Å². The lowest BCUT2D eigenvalue weighted by atomic mass is 9.87. The first-order valence-corrected chi connectivity index (χ1v) is 10.5. The van der Waals surface area contributed by atoms with E-state index in [4.69, 9.17) is 0 Å². The smallest absolute Gasteiger partial charge is 0.360 e. The average Bonchev–Trinajstić information content (AvgIpc) is 2.65. The molecule has 3 aliphatic rings. The maximum atomic E-state index is 13.3. The van der Waals surface area contributed by atoms with Crippen molar-refractivity contribution >= 4 is 17.4 Å². The lowest BCUT2D eigenvalue weighted by Gasteiger charge is -2.50. The fourth-order valence-electron chi connectivity index (χ4n) is 4.35. The Morgan fingerprint density at radius 3 is 2.74 bits per heavy atom. The van der Waals surface area contributed by atoms with Crippen molar-refractivity contribution in [3.63, 3.8) is 0 Å². The molecule has 0 radical (unpaired) electrons. The summed E-state index contributed by atoms with van der Waals surface area (Å²) in [5, 5.41) is 3.59. The second-order valence-electron chi connectivity index (χ2n) is 7.82. The number of alkyl halides is 3. The Morgan fingerprint density at radius 2 is 2.00 bits per heavy atom. The molecule has 0 amide bonds. The van der Waals surface area contributed by atoms with E-state index >= 15 is 0 Å². The van der Waals surface area contributed by atoms with Gasteiger partial charge in [-0.15, -0.1) is 11.8 Å². The van der Waals surface area contributed by atoms with Gasteiger partial charge in [-0.1, -0.05) is 24.3 Å². The van der Waals surface area contributed by atoms with Gasteiger partial charge in [0.1, 0.15) is 0 Å². The van der Waals surface area contributed by atoms with Crippen LogP contribution in [0.4, 0.5) is 18.9 Å². The lowest BCUT2D eigenvalue weighted by Crippen LogP contribution is -2.55. The Kier molecular flexibility index (Phi) is 5.06. The van der Waals surface area contributed by atoms with Gasteiger partial charge in [0.2, 0.25) is 0 Å². The van der Waals surface area contributed by atoms with E-state index < -0.39 is 11.7 Å². The van der Waals surface area contributed by atoms with Crippen LogP contribution in [0.15, 0.2) is 47.4 Å². The highest BCUT2D eigenvalue weighted by Gasteiger charge is 2.44. The number of thioether (sulfide) groups is 1. The third-order valence-corrected chi connectivity index (χ3v) is 7.53. The molecule has 2 unspecified atom stereocenters. The summed E-state index contributed by atoms with van der Waals surface area (Å²) in [6, 6.07) is 4.20. The second-order valence-corrected chi connectivity index (χ2v) is 9.01. The van der Waals surface area contributed by atoms with Crippen LogP contribution in [-0.2, 0) is 6.18 Å². The molecule has 1 aromatic rings. The lowest BCUT2D eigenvalue weighted by molar-refractivity contribution is -0.137.